The van der Waals surface area contributed by atoms with Crippen LogP contribution >= 0.6 is 12.4 Å². The zero-order valence-electron chi connectivity index (χ0n) is 6.64. The molecule has 0 spiro atoms. The highest BCUT2D eigenvalue weighted by Crippen LogP contribution is 2.09. The summed E-state index contributed by atoms with van der Waals surface area (Å²) in [5.74, 6) is 0. The number of hydrogen-bond acceptors (Lipinski definition) is 3. The molecule has 0 bridgehead atoms. The highest BCUT2D eigenvalue weighted by atomic mass is 35.5. The Bertz CT molecular complexity index is 231. The van der Waals surface area contributed by atoms with E-state index >= 15 is 0 Å². The van der Waals surface area contributed by atoms with Gasteiger partial charge in [-0.1, -0.05) is 0 Å². The van der Waals surface area contributed by atoms with Crippen molar-refractivity contribution in [3.63, 3.8) is 0 Å². The lowest BCUT2D eigenvalue weighted by Gasteiger charge is -2.27. The lowest BCUT2D eigenvalue weighted by atomic mass is 10.1. The zero-order chi connectivity index (χ0) is 8.48. The summed E-state index contributed by atoms with van der Waals surface area (Å²) in [6.45, 7) is 0.866. The number of rotatable bonds is 1. The summed E-state index contributed by atoms with van der Waals surface area (Å²) in [7, 11) is -3.51. The summed E-state index contributed by atoms with van der Waals surface area (Å²) in [6.07, 6.45) is 1.68. The van der Waals surface area contributed by atoms with Gasteiger partial charge in [0.2, 0.25) is 0 Å². The number of piperidine rings is 1. The lowest BCUT2D eigenvalue weighted by Crippen LogP contribution is -2.48. The molecule has 0 aromatic rings. The summed E-state index contributed by atoms with van der Waals surface area (Å²) < 4.78 is 22.8. The molecule has 1 aliphatic rings. The standard InChI is InChI=1S/C5H13N3O2S.ClH/c6-5-2-1-3-8(4-5)11(7,9)10;/h5H,1-4,6H2,(H2,7,9,10);1H/t5-;/m0./s1. The van der Waals surface area contributed by atoms with E-state index in [4.69, 9.17) is 10.9 Å². The molecule has 1 fully saturated rings. The first-order valence-electron chi connectivity index (χ1n) is 3.53. The van der Waals surface area contributed by atoms with Gasteiger partial charge in [-0.25, -0.2) is 5.14 Å². The van der Waals surface area contributed by atoms with Crippen molar-refractivity contribution in [2.24, 2.45) is 10.9 Å². The van der Waals surface area contributed by atoms with Gasteiger partial charge in [-0.2, -0.15) is 12.7 Å². The normalized spacial score (nSPS) is 26.3. The molecule has 4 N–H and O–H groups in total. The predicted molar refractivity (Wildman–Crippen MR) is 49.1 cm³/mol. The highest BCUT2D eigenvalue weighted by molar-refractivity contribution is 7.86. The van der Waals surface area contributed by atoms with Crippen LogP contribution in [0.3, 0.4) is 0 Å². The van der Waals surface area contributed by atoms with Crippen molar-refractivity contribution in [1.29, 1.82) is 0 Å². The van der Waals surface area contributed by atoms with Crippen LogP contribution in [-0.4, -0.2) is 31.9 Å². The fraction of sp³-hybridized carbons (Fsp3) is 1.00. The maximum absolute atomic E-state index is 10.8. The van der Waals surface area contributed by atoms with Gasteiger partial charge in [0, 0.05) is 19.1 Å². The summed E-state index contributed by atoms with van der Waals surface area (Å²) in [5.41, 5.74) is 5.56. The maximum Gasteiger partial charge on any atom is 0.276 e. The Kier molecular flexibility index (Phi) is 4.43. The van der Waals surface area contributed by atoms with Crippen LogP contribution in [0.2, 0.25) is 0 Å². The van der Waals surface area contributed by atoms with Gasteiger partial charge >= 0.3 is 0 Å². The molecule has 0 aromatic heterocycles. The minimum absolute atomic E-state index is 0. The average Bonchev–Trinajstić information content (AvgIpc) is 1.86. The van der Waals surface area contributed by atoms with Gasteiger partial charge in [-0.3, -0.25) is 0 Å². The van der Waals surface area contributed by atoms with Crippen molar-refractivity contribution in [3.05, 3.63) is 0 Å². The summed E-state index contributed by atoms with van der Waals surface area (Å²) in [5, 5.41) is 4.92. The maximum atomic E-state index is 10.8. The number of nitrogens with zero attached hydrogens (tertiary/aromatic N) is 1. The second-order valence-corrected chi connectivity index (χ2v) is 4.35. The Hall–Kier alpha value is 0.120. The Morgan fingerprint density at radius 1 is 1.42 bits per heavy atom. The fourth-order valence-corrected chi connectivity index (χ4v) is 1.99. The monoisotopic (exact) mass is 215 g/mol. The molecular formula is C5H14ClN3O2S. The summed E-state index contributed by atoms with van der Waals surface area (Å²) in [6, 6.07) is -0.0536. The first kappa shape index (κ1) is 12.1. The molecule has 0 unspecified atom stereocenters. The van der Waals surface area contributed by atoms with Crippen LogP contribution in [0.5, 0.6) is 0 Å². The molecule has 1 rings (SSSR count). The SMILES string of the molecule is Cl.N[C@H]1CCCN(S(N)(=O)=O)C1. The van der Waals surface area contributed by atoms with E-state index in [0.717, 1.165) is 12.8 Å². The van der Waals surface area contributed by atoms with Crippen molar-refractivity contribution in [3.8, 4) is 0 Å². The second kappa shape index (κ2) is 4.38. The second-order valence-electron chi connectivity index (χ2n) is 2.81. The Balaban J connectivity index is 0.00000121. The molecule has 0 radical (unpaired) electrons. The topological polar surface area (TPSA) is 89.4 Å². The molecule has 7 heteroatoms. The Morgan fingerprint density at radius 3 is 2.33 bits per heavy atom. The van der Waals surface area contributed by atoms with E-state index in [9.17, 15) is 8.42 Å². The van der Waals surface area contributed by atoms with E-state index in [-0.39, 0.29) is 18.4 Å². The summed E-state index contributed by atoms with van der Waals surface area (Å²) in [4.78, 5) is 0. The van der Waals surface area contributed by atoms with Gasteiger partial charge < -0.3 is 5.73 Å². The van der Waals surface area contributed by atoms with Gasteiger partial charge in [-0.05, 0) is 12.8 Å². The van der Waals surface area contributed by atoms with Crippen molar-refractivity contribution >= 4 is 22.6 Å². The van der Waals surface area contributed by atoms with E-state index in [1.165, 1.54) is 4.31 Å². The Morgan fingerprint density at radius 2 is 2.00 bits per heavy atom. The summed E-state index contributed by atoms with van der Waals surface area (Å²) >= 11 is 0. The smallest absolute Gasteiger partial charge is 0.276 e. The molecule has 0 aromatic carbocycles. The molecule has 12 heavy (non-hydrogen) atoms. The van der Waals surface area contributed by atoms with E-state index in [1.807, 2.05) is 0 Å². The van der Waals surface area contributed by atoms with E-state index in [1.54, 1.807) is 0 Å². The molecule has 0 aliphatic carbocycles. The number of halogens is 1. The third-order valence-corrected chi connectivity index (χ3v) is 2.83. The van der Waals surface area contributed by atoms with Crippen LogP contribution in [0, 0.1) is 0 Å². The van der Waals surface area contributed by atoms with Crippen molar-refractivity contribution in [2.45, 2.75) is 18.9 Å². The van der Waals surface area contributed by atoms with Gasteiger partial charge in [0.05, 0.1) is 0 Å². The van der Waals surface area contributed by atoms with Crippen LogP contribution in [-0.2, 0) is 10.2 Å². The largest absolute Gasteiger partial charge is 0.327 e. The van der Waals surface area contributed by atoms with Gasteiger partial charge in [-0.15, -0.1) is 12.4 Å². The van der Waals surface area contributed by atoms with Crippen molar-refractivity contribution in [1.82, 2.24) is 4.31 Å². The van der Waals surface area contributed by atoms with Crippen LogP contribution in [0.25, 0.3) is 0 Å². The molecule has 1 heterocycles. The molecule has 0 amide bonds. The molecular weight excluding hydrogens is 202 g/mol. The third kappa shape index (κ3) is 3.24. The first-order chi connectivity index (χ1) is 5.00. The minimum atomic E-state index is -3.51. The number of hydrogen-bond donors (Lipinski definition) is 2. The van der Waals surface area contributed by atoms with Gasteiger partial charge in [0.15, 0.2) is 0 Å². The van der Waals surface area contributed by atoms with Crippen LogP contribution in [0.4, 0.5) is 0 Å². The third-order valence-electron chi connectivity index (χ3n) is 1.78. The van der Waals surface area contributed by atoms with Crippen molar-refractivity contribution < 1.29 is 8.42 Å². The molecule has 0 saturated carbocycles. The van der Waals surface area contributed by atoms with Crippen LogP contribution < -0.4 is 10.9 Å². The molecule has 74 valence electrons. The van der Waals surface area contributed by atoms with Crippen molar-refractivity contribution in [2.75, 3.05) is 13.1 Å². The zero-order valence-corrected chi connectivity index (χ0v) is 8.27. The van der Waals surface area contributed by atoms with Gasteiger partial charge in [0.1, 0.15) is 0 Å². The van der Waals surface area contributed by atoms with Gasteiger partial charge in [0.25, 0.3) is 10.2 Å². The molecule has 1 aliphatic heterocycles. The lowest BCUT2D eigenvalue weighted by molar-refractivity contribution is 0.316. The predicted octanol–water partition coefficient (Wildman–Crippen LogP) is -0.965. The van der Waals surface area contributed by atoms with E-state index in [0.29, 0.717) is 13.1 Å². The average molecular weight is 216 g/mol. The quantitative estimate of drug-likeness (QED) is 0.590. The molecule has 1 atom stereocenters. The van der Waals surface area contributed by atoms with E-state index in [2.05, 4.69) is 0 Å². The number of nitrogens with two attached hydrogens (primary N) is 2. The minimum Gasteiger partial charge on any atom is -0.327 e. The van der Waals surface area contributed by atoms with E-state index < -0.39 is 10.2 Å². The first-order valence-corrected chi connectivity index (χ1v) is 5.04. The van der Waals surface area contributed by atoms with Crippen LogP contribution in [0.15, 0.2) is 0 Å². The van der Waals surface area contributed by atoms with Crippen LogP contribution in [0.1, 0.15) is 12.8 Å². The molecule has 5 nitrogen and oxygen atoms in total. The molecule has 1 saturated heterocycles. The highest BCUT2D eigenvalue weighted by Gasteiger charge is 2.23. The Labute approximate surface area is 78.7 Å². The fourth-order valence-electron chi connectivity index (χ4n) is 1.21.